The first-order chi connectivity index (χ1) is 6.81. The molecular weight excluding hydrogens is 194 g/mol. The predicted octanol–water partition coefficient (Wildman–Crippen LogP) is 1.74. The van der Waals surface area contributed by atoms with Crippen LogP contribution in [0.4, 0.5) is 0 Å². The highest BCUT2D eigenvalue weighted by Gasteiger charge is 2.28. The van der Waals surface area contributed by atoms with Crippen molar-refractivity contribution in [2.75, 3.05) is 6.54 Å². The van der Waals surface area contributed by atoms with Crippen molar-refractivity contribution >= 4 is 12.4 Å². The number of carboxylic acid groups (broad SMARTS) is 1. The van der Waals surface area contributed by atoms with Crippen LogP contribution in [0.1, 0.15) is 40.5 Å². The van der Waals surface area contributed by atoms with Crippen LogP contribution in [0.2, 0.25) is 0 Å². The molecule has 0 aliphatic carbocycles. The lowest BCUT2D eigenvalue weighted by atomic mass is 9.87. The van der Waals surface area contributed by atoms with Gasteiger partial charge in [-0.2, -0.15) is 0 Å². The van der Waals surface area contributed by atoms with Crippen LogP contribution in [0.5, 0.6) is 0 Å². The fourth-order valence-corrected chi connectivity index (χ4v) is 1.47. The van der Waals surface area contributed by atoms with Crippen LogP contribution in [0, 0.1) is 5.41 Å². The minimum absolute atomic E-state index is 0.0991. The van der Waals surface area contributed by atoms with Crippen molar-refractivity contribution in [2.45, 2.75) is 46.6 Å². The van der Waals surface area contributed by atoms with Crippen molar-refractivity contribution in [3.63, 3.8) is 0 Å². The second-order valence-corrected chi connectivity index (χ2v) is 4.96. The number of nitrogens with zero attached hydrogens (tertiary/aromatic N) is 1. The maximum Gasteiger partial charge on any atom is 0.326 e. The molecule has 0 bridgehead atoms. The van der Waals surface area contributed by atoms with E-state index in [2.05, 4.69) is 0 Å². The highest BCUT2D eigenvalue weighted by molar-refractivity contribution is 5.76. The summed E-state index contributed by atoms with van der Waals surface area (Å²) in [5.74, 6) is -0.925. The summed E-state index contributed by atoms with van der Waals surface area (Å²) < 4.78 is 0. The van der Waals surface area contributed by atoms with Gasteiger partial charge in [0.05, 0.1) is 0 Å². The summed E-state index contributed by atoms with van der Waals surface area (Å²) >= 11 is 0. The molecule has 1 N–H and O–H groups in total. The summed E-state index contributed by atoms with van der Waals surface area (Å²) in [5.41, 5.74) is -0.0991. The van der Waals surface area contributed by atoms with Gasteiger partial charge in [-0.1, -0.05) is 27.7 Å². The third-order valence-corrected chi connectivity index (χ3v) is 2.11. The number of amides is 1. The van der Waals surface area contributed by atoms with E-state index >= 15 is 0 Å². The van der Waals surface area contributed by atoms with Gasteiger partial charge in [-0.15, -0.1) is 0 Å². The van der Waals surface area contributed by atoms with Crippen molar-refractivity contribution in [1.29, 1.82) is 0 Å². The summed E-state index contributed by atoms with van der Waals surface area (Å²) in [5, 5.41) is 9.06. The van der Waals surface area contributed by atoms with Gasteiger partial charge in [0.25, 0.3) is 0 Å². The van der Waals surface area contributed by atoms with Crippen LogP contribution < -0.4 is 0 Å². The van der Waals surface area contributed by atoms with E-state index in [1.165, 1.54) is 4.90 Å². The minimum atomic E-state index is -0.925. The third-order valence-electron chi connectivity index (χ3n) is 2.11. The number of hydrogen-bond acceptors (Lipinski definition) is 2. The Kier molecular flexibility index (Phi) is 5.33. The van der Waals surface area contributed by atoms with Crippen LogP contribution in [-0.4, -0.2) is 35.0 Å². The number of aliphatic carboxylic acids is 1. The minimum Gasteiger partial charge on any atom is -0.480 e. The van der Waals surface area contributed by atoms with Crippen molar-refractivity contribution in [2.24, 2.45) is 5.41 Å². The van der Waals surface area contributed by atoms with E-state index in [0.717, 1.165) is 6.42 Å². The largest absolute Gasteiger partial charge is 0.480 e. The first-order valence-corrected chi connectivity index (χ1v) is 5.25. The molecule has 0 aromatic carbocycles. The molecule has 88 valence electrons. The zero-order valence-electron chi connectivity index (χ0n) is 9.99. The molecule has 0 saturated carbocycles. The highest BCUT2D eigenvalue weighted by atomic mass is 16.4. The van der Waals surface area contributed by atoms with Gasteiger partial charge in [-0.25, -0.2) is 4.79 Å². The topological polar surface area (TPSA) is 57.6 Å². The summed E-state index contributed by atoms with van der Waals surface area (Å²) in [6, 6.07) is -0.706. The van der Waals surface area contributed by atoms with E-state index in [4.69, 9.17) is 5.11 Å². The average Bonchev–Trinajstić information content (AvgIpc) is 2.09. The van der Waals surface area contributed by atoms with Gasteiger partial charge >= 0.3 is 5.97 Å². The lowest BCUT2D eigenvalue weighted by molar-refractivity contribution is -0.147. The highest BCUT2D eigenvalue weighted by Crippen LogP contribution is 2.23. The summed E-state index contributed by atoms with van der Waals surface area (Å²) in [6.45, 7) is 8.33. The lowest BCUT2D eigenvalue weighted by Crippen LogP contribution is -2.43. The Bertz CT molecular complexity index is 220. The smallest absolute Gasteiger partial charge is 0.326 e. The van der Waals surface area contributed by atoms with Crippen molar-refractivity contribution in [1.82, 2.24) is 4.90 Å². The molecule has 0 radical (unpaired) electrons. The number of hydrogen-bond donors (Lipinski definition) is 1. The Morgan fingerprint density at radius 3 is 2.27 bits per heavy atom. The average molecular weight is 215 g/mol. The van der Waals surface area contributed by atoms with E-state index in [1.54, 1.807) is 0 Å². The standard InChI is InChI=1S/C11H21NO3/c1-5-6-12(8-13)9(10(14)15)7-11(2,3)4/h8-9H,5-7H2,1-4H3,(H,14,15). The first kappa shape index (κ1) is 13.9. The Morgan fingerprint density at radius 1 is 1.47 bits per heavy atom. The number of rotatable bonds is 6. The molecule has 0 aliphatic heterocycles. The Balaban J connectivity index is 4.63. The van der Waals surface area contributed by atoms with Gasteiger partial charge in [0, 0.05) is 6.54 Å². The quantitative estimate of drug-likeness (QED) is 0.687. The maximum atomic E-state index is 11.1. The molecule has 15 heavy (non-hydrogen) atoms. The Hall–Kier alpha value is -1.06. The van der Waals surface area contributed by atoms with E-state index < -0.39 is 12.0 Å². The number of carboxylic acids is 1. The molecule has 4 heteroatoms. The molecule has 1 unspecified atom stereocenters. The molecule has 0 heterocycles. The molecular formula is C11H21NO3. The molecule has 0 aromatic heterocycles. The predicted molar refractivity (Wildman–Crippen MR) is 58.6 cm³/mol. The SMILES string of the molecule is CCCN(C=O)C(CC(C)(C)C)C(=O)O. The Morgan fingerprint density at radius 2 is 2.00 bits per heavy atom. The van der Waals surface area contributed by atoms with Gasteiger partial charge in [0.15, 0.2) is 0 Å². The zero-order valence-corrected chi connectivity index (χ0v) is 9.99. The van der Waals surface area contributed by atoms with Crippen molar-refractivity contribution < 1.29 is 14.7 Å². The van der Waals surface area contributed by atoms with Crippen molar-refractivity contribution in [3.05, 3.63) is 0 Å². The normalized spacial score (nSPS) is 13.3. The van der Waals surface area contributed by atoms with Crippen LogP contribution in [-0.2, 0) is 9.59 Å². The summed E-state index contributed by atoms with van der Waals surface area (Å²) in [7, 11) is 0. The molecule has 1 amide bonds. The zero-order chi connectivity index (χ0) is 12.1. The number of carbonyl (C=O) groups excluding carboxylic acids is 1. The molecule has 0 fully saturated rings. The Labute approximate surface area is 91.3 Å². The van der Waals surface area contributed by atoms with Crippen molar-refractivity contribution in [3.8, 4) is 0 Å². The van der Waals surface area contributed by atoms with Crippen LogP contribution in [0.3, 0.4) is 0 Å². The van der Waals surface area contributed by atoms with Gasteiger partial charge in [0.1, 0.15) is 6.04 Å². The molecule has 1 atom stereocenters. The monoisotopic (exact) mass is 215 g/mol. The fourth-order valence-electron chi connectivity index (χ4n) is 1.47. The van der Waals surface area contributed by atoms with E-state index in [1.807, 2.05) is 27.7 Å². The van der Waals surface area contributed by atoms with Gasteiger partial charge in [-0.05, 0) is 18.3 Å². The first-order valence-electron chi connectivity index (χ1n) is 5.25. The maximum absolute atomic E-state index is 11.1. The van der Waals surface area contributed by atoms with Gasteiger partial charge < -0.3 is 10.0 Å². The molecule has 4 nitrogen and oxygen atoms in total. The lowest BCUT2D eigenvalue weighted by Gasteiger charge is -2.30. The molecule has 0 aromatic rings. The number of carbonyl (C=O) groups is 2. The van der Waals surface area contributed by atoms with Crippen LogP contribution in [0.25, 0.3) is 0 Å². The molecule has 0 rings (SSSR count). The summed E-state index contributed by atoms with van der Waals surface area (Å²) in [6.07, 6.45) is 1.88. The van der Waals surface area contributed by atoms with E-state index in [9.17, 15) is 9.59 Å². The molecule has 0 spiro atoms. The van der Waals surface area contributed by atoms with Gasteiger partial charge in [0.2, 0.25) is 6.41 Å². The second-order valence-electron chi connectivity index (χ2n) is 4.96. The second kappa shape index (κ2) is 5.73. The van der Waals surface area contributed by atoms with Crippen LogP contribution >= 0.6 is 0 Å². The molecule has 0 aliphatic rings. The molecule has 0 saturated heterocycles. The van der Waals surface area contributed by atoms with E-state index in [-0.39, 0.29) is 5.41 Å². The van der Waals surface area contributed by atoms with E-state index in [0.29, 0.717) is 19.4 Å². The van der Waals surface area contributed by atoms with Crippen LogP contribution in [0.15, 0.2) is 0 Å². The third kappa shape index (κ3) is 5.40. The van der Waals surface area contributed by atoms with Gasteiger partial charge in [-0.3, -0.25) is 4.79 Å². The summed E-state index contributed by atoms with van der Waals surface area (Å²) in [4.78, 5) is 23.2. The fraction of sp³-hybridized carbons (Fsp3) is 0.818.